The van der Waals surface area contributed by atoms with Crippen LogP contribution in [-0.2, 0) is 4.57 Å². The summed E-state index contributed by atoms with van der Waals surface area (Å²) in [6.07, 6.45) is 0. The molecular formula is C18H17O4P. The number of hydrogen-bond acceptors (Lipinski definition) is 1. The van der Waals surface area contributed by atoms with Crippen molar-refractivity contribution in [3.8, 4) is 0 Å². The van der Waals surface area contributed by atoms with Crippen molar-refractivity contribution in [3.05, 3.63) is 73.8 Å². The molecule has 4 aromatic carbocycles. The van der Waals surface area contributed by atoms with E-state index in [1.54, 1.807) is 0 Å². The Morgan fingerprint density at radius 1 is 0.609 bits per heavy atom. The SMILES string of the molecule is C=C.O=P(O)(O)O.c1cc2ccc3cccc4ccc(c1)c2c34. The third-order valence-electron chi connectivity index (χ3n) is 3.39. The van der Waals surface area contributed by atoms with Gasteiger partial charge in [0, 0.05) is 0 Å². The molecule has 0 aromatic heterocycles. The van der Waals surface area contributed by atoms with Crippen molar-refractivity contribution < 1.29 is 19.2 Å². The fourth-order valence-electron chi connectivity index (χ4n) is 2.67. The minimum Gasteiger partial charge on any atom is -0.303 e. The van der Waals surface area contributed by atoms with Gasteiger partial charge in [0.15, 0.2) is 0 Å². The zero-order valence-electron chi connectivity index (χ0n) is 12.4. The van der Waals surface area contributed by atoms with Gasteiger partial charge in [0.25, 0.3) is 0 Å². The standard InChI is InChI=1S/C16H10.C2H4.H3O4P/c1-3-11-7-9-13-5-2-6-14-10-8-12(4-1)15(11)16(13)14;1-2;1-5(2,3)4/h1-10H;1-2H2;(H3,1,2,3,4). The van der Waals surface area contributed by atoms with E-state index >= 15 is 0 Å². The summed E-state index contributed by atoms with van der Waals surface area (Å²) in [6.45, 7) is 6.00. The smallest absolute Gasteiger partial charge is 0.303 e. The van der Waals surface area contributed by atoms with E-state index in [0.717, 1.165) is 0 Å². The Bertz CT molecular complexity index is 836. The van der Waals surface area contributed by atoms with Crippen molar-refractivity contribution in [2.24, 2.45) is 0 Å². The van der Waals surface area contributed by atoms with Crippen molar-refractivity contribution >= 4 is 40.1 Å². The molecule has 0 saturated heterocycles. The van der Waals surface area contributed by atoms with E-state index in [1.807, 2.05) is 0 Å². The Kier molecular flexibility index (Phi) is 5.14. The van der Waals surface area contributed by atoms with Crippen molar-refractivity contribution in [3.63, 3.8) is 0 Å². The summed E-state index contributed by atoms with van der Waals surface area (Å²) in [6, 6.07) is 21.9. The molecule has 23 heavy (non-hydrogen) atoms. The van der Waals surface area contributed by atoms with Gasteiger partial charge in [0.1, 0.15) is 0 Å². The molecule has 3 N–H and O–H groups in total. The summed E-state index contributed by atoms with van der Waals surface area (Å²) >= 11 is 0. The summed E-state index contributed by atoms with van der Waals surface area (Å²) in [7, 11) is -4.64. The first-order valence-electron chi connectivity index (χ1n) is 6.84. The summed E-state index contributed by atoms with van der Waals surface area (Å²) in [4.78, 5) is 21.6. The van der Waals surface area contributed by atoms with E-state index in [0.29, 0.717) is 0 Å². The molecule has 0 spiro atoms. The zero-order chi connectivity index (χ0) is 17.0. The van der Waals surface area contributed by atoms with Gasteiger partial charge in [-0.1, -0.05) is 60.7 Å². The monoisotopic (exact) mass is 328 g/mol. The van der Waals surface area contributed by atoms with Gasteiger partial charge in [0.2, 0.25) is 0 Å². The van der Waals surface area contributed by atoms with Gasteiger partial charge in [0.05, 0.1) is 0 Å². The van der Waals surface area contributed by atoms with Gasteiger partial charge in [-0.25, -0.2) is 4.57 Å². The minimum atomic E-state index is -4.64. The largest absolute Gasteiger partial charge is 0.466 e. The quantitative estimate of drug-likeness (QED) is 0.253. The highest BCUT2D eigenvalue weighted by molar-refractivity contribution is 7.45. The second-order valence-electron chi connectivity index (χ2n) is 4.80. The molecule has 0 amide bonds. The molecule has 0 atom stereocenters. The molecule has 4 nitrogen and oxygen atoms in total. The van der Waals surface area contributed by atoms with Gasteiger partial charge in [-0.3, -0.25) is 0 Å². The maximum atomic E-state index is 8.88. The number of hydrogen-bond donors (Lipinski definition) is 3. The van der Waals surface area contributed by atoms with Crippen molar-refractivity contribution in [2.45, 2.75) is 0 Å². The molecule has 0 unspecified atom stereocenters. The number of rotatable bonds is 0. The van der Waals surface area contributed by atoms with Crippen LogP contribution in [0.3, 0.4) is 0 Å². The lowest BCUT2D eigenvalue weighted by Crippen LogP contribution is -1.82. The van der Waals surface area contributed by atoms with Crippen LogP contribution in [0.1, 0.15) is 0 Å². The minimum absolute atomic E-state index is 1.34. The highest BCUT2D eigenvalue weighted by Gasteiger charge is 2.05. The lowest BCUT2D eigenvalue weighted by atomic mass is 9.95. The lowest BCUT2D eigenvalue weighted by Gasteiger charge is -2.09. The number of phosphoric acid groups is 1. The molecule has 0 aliphatic heterocycles. The van der Waals surface area contributed by atoms with Gasteiger partial charge < -0.3 is 14.7 Å². The van der Waals surface area contributed by atoms with Crippen LogP contribution in [0.5, 0.6) is 0 Å². The molecular weight excluding hydrogens is 311 g/mol. The average molecular weight is 328 g/mol. The topological polar surface area (TPSA) is 77.8 Å². The maximum Gasteiger partial charge on any atom is 0.466 e. The van der Waals surface area contributed by atoms with Crippen LogP contribution in [0.25, 0.3) is 32.3 Å². The van der Waals surface area contributed by atoms with Crippen LogP contribution in [-0.4, -0.2) is 14.7 Å². The molecule has 0 aliphatic carbocycles. The zero-order valence-corrected chi connectivity index (χ0v) is 13.3. The highest BCUT2D eigenvalue weighted by Crippen LogP contribution is 2.33. The number of benzene rings is 4. The van der Waals surface area contributed by atoms with Crippen LogP contribution < -0.4 is 0 Å². The van der Waals surface area contributed by atoms with Crippen LogP contribution in [0.2, 0.25) is 0 Å². The van der Waals surface area contributed by atoms with Crippen molar-refractivity contribution in [1.82, 2.24) is 0 Å². The second-order valence-corrected chi connectivity index (χ2v) is 5.83. The molecule has 0 radical (unpaired) electrons. The van der Waals surface area contributed by atoms with Gasteiger partial charge >= 0.3 is 7.82 Å². The van der Waals surface area contributed by atoms with Crippen molar-refractivity contribution in [1.29, 1.82) is 0 Å². The van der Waals surface area contributed by atoms with E-state index in [-0.39, 0.29) is 0 Å². The Hall–Kier alpha value is -2.23. The summed E-state index contributed by atoms with van der Waals surface area (Å²) < 4.78 is 8.88. The molecule has 4 aromatic rings. The Morgan fingerprint density at radius 2 is 0.826 bits per heavy atom. The Labute approximate surface area is 133 Å². The van der Waals surface area contributed by atoms with Gasteiger partial charge in [-0.05, 0) is 32.3 Å². The second kappa shape index (κ2) is 6.90. The third-order valence-corrected chi connectivity index (χ3v) is 3.39. The van der Waals surface area contributed by atoms with Crippen LogP contribution in [0.4, 0.5) is 0 Å². The Balaban J connectivity index is 0.000000239. The van der Waals surface area contributed by atoms with E-state index in [4.69, 9.17) is 19.2 Å². The van der Waals surface area contributed by atoms with E-state index in [1.165, 1.54) is 32.3 Å². The molecule has 4 rings (SSSR count). The normalized spacial score (nSPS) is 10.9. The molecule has 118 valence electrons. The molecule has 0 heterocycles. The first kappa shape index (κ1) is 17.1. The van der Waals surface area contributed by atoms with E-state index < -0.39 is 7.82 Å². The molecule has 5 heteroatoms. The molecule has 0 fully saturated rings. The lowest BCUT2D eigenvalue weighted by molar-refractivity contribution is 0.275. The van der Waals surface area contributed by atoms with Crippen LogP contribution >= 0.6 is 7.82 Å². The maximum absolute atomic E-state index is 8.88. The summed E-state index contributed by atoms with van der Waals surface area (Å²) in [5.41, 5.74) is 0. The third kappa shape index (κ3) is 3.95. The molecule has 0 saturated carbocycles. The van der Waals surface area contributed by atoms with E-state index in [2.05, 4.69) is 73.8 Å². The van der Waals surface area contributed by atoms with E-state index in [9.17, 15) is 0 Å². The highest BCUT2D eigenvalue weighted by atomic mass is 31.2. The average Bonchev–Trinajstić information content (AvgIpc) is 2.53. The fourth-order valence-corrected chi connectivity index (χ4v) is 2.67. The summed E-state index contributed by atoms with van der Waals surface area (Å²) in [5, 5.41) is 8.14. The molecule has 0 bridgehead atoms. The first-order chi connectivity index (χ1) is 10.9. The predicted molar refractivity (Wildman–Crippen MR) is 95.7 cm³/mol. The first-order valence-corrected chi connectivity index (χ1v) is 8.41. The molecule has 0 aliphatic rings. The van der Waals surface area contributed by atoms with Gasteiger partial charge in [-0.2, -0.15) is 0 Å². The Morgan fingerprint density at radius 3 is 1.04 bits per heavy atom. The predicted octanol–water partition coefficient (Wildman–Crippen LogP) is 4.46. The van der Waals surface area contributed by atoms with Crippen LogP contribution in [0, 0.1) is 0 Å². The summed E-state index contributed by atoms with van der Waals surface area (Å²) in [5.74, 6) is 0. The van der Waals surface area contributed by atoms with Gasteiger partial charge in [-0.15, -0.1) is 13.2 Å². The van der Waals surface area contributed by atoms with Crippen LogP contribution in [0.15, 0.2) is 73.8 Å². The van der Waals surface area contributed by atoms with Crippen molar-refractivity contribution in [2.75, 3.05) is 0 Å². The fraction of sp³-hybridized carbons (Fsp3) is 0.